The SMILES string of the molecule is C=C(C)OC(=O)c1ccccc1O.[Al]. The number of para-hydroxylation sites is 1. The second-order valence-electron chi connectivity index (χ2n) is 2.61. The zero-order chi connectivity index (χ0) is 9.84. The van der Waals surface area contributed by atoms with Gasteiger partial charge in [0.1, 0.15) is 11.3 Å². The number of phenolic OH excluding ortho intramolecular Hbond substituents is 1. The Labute approximate surface area is 93.1 Å². The van der Waals surface area contributed by atoms with Crippen LogP contribution in [0.25, 0.3) is 0 Å². The first-order valence-corrected chi connectivity index (χ1v) is 3.77. The van der Waals surface area contributed by atoms with E-state index >= 15 is 0 Å². The number of allylic oxidation sites excluding steroid dienone is 1. The van der Waals surface area contributed by atoms with Gasteiger partial charge in [-0.25, -0.2) is 4.79 Å². The molecule has 1 rings (SSSR count). The number of ether oxygens (including phenoxy) is 1. The van der Waals surface area contributed by atoms with Crippen LogP contribution in [0, 0.1) is 0 Å². The van der Waals surface area contributed by atoms with Gasteiger partial charge in [0, 0.05) is 17.4 Å². The number of hydrogen-bond acceptors (Lipinski definition) is 3. The molecule has 0 aliphatic rings. The Hall–Kier alpha value is -1.24. The fourth-order valence-electron chi connectivity index (χ4n) is 0.859. The maximum absolute atomic E-state index is 11.2. The number of carbonyl (C=O) groups is 1. The topological polar surface area (TPSA) is 46.5 Å². The molecule has 0 atom stereocenters. The summed E-state index contributed by atoms with van der Waals surface area (Å²) in [6.07, 6.45) is 0. The number of phenols is 1. The molecule has 0 bridgehead atoms. The Morgan fingerprint density at radius 1 is 1.43 bits per heavy atom. The van der Waals surface area contributed by atoms with Crippen molar-refractivity contribution in [2.45, 2.75) is 6.92 Å². The third-order valence-electron chi connectivity index (χ3n) is 1.39. The Kier molecular flexibility index (Phi) is 5.00. The maximum atomic E-state index is 11.2. The van der Waals surface area contributed by atoms with Crippen LogP contribution < -0.4 is 0 Å². The van der Waals surface area contributed by atoms with E-state index in [1.165, 1.54) is 12.1 Å². The van der Waals surface area contributed by atoms with E-state index in [4.69, 9.17) is 4.74 Å². The standard InChI is InChI=1S/C10H10O3.Al/c1-7(2)13-10(12)8-5-3-4-6-9(8)11;/h3-6,11H,1H2,2H3;. The zero-order valence-corrected chi connectivity index (χ0v) is 9.01. The predicted octanol–water partition coefficient (Wildman–Crippen LogP) is 1.70. The van der Waals surface area contributed by atoms with Crippen molar-refractivity contribution in [2.24, 2.45) is 0 Å². The van der Waals surface area contributed by atoms with E-state index in [0.717, 1.165) is 0 Å². The highest BCUT2D eigenvalue weighted by Crippen LogP contribution is 2.17. The summed E-state index contributed by atoms with van der Waals surface area (Å²) in [5.74, 6) is -0.382. The van der Waals surface area contributed by atoms with Crippen molar-refractivity contribution in [2.75, 3.05) is 0 Å². The Balaban J connectivity index is 0.00000169. The van der Waals surface area contributed by atoms with E-state index in [9.17, 15) is 9.90 Å². The highest BCUT2D eigenvalue weighted by Gasteiger charge is 2.11. The summed E-state index contributed by atoms with van der Waals surface area (Å²) in [4.78, 5) is 11.2. The number of rotatable bonds is 2. The summed E-state index contributed by atoms with van der Waals surface area (Å²) < 4.78 is 4.72. The van der Waals surface area contributed by atoms with Gasteiger partial charge < -0.3 is 9.84 Å². The second-order valence-corrected chi connectivity index (χ2v) is 2.61. The number of benzene rings is 1. The van der Waals surface area contributed by atoms with E-state index in [0.29, 0.717) is 5.76 Å². The summed E-state index contributed by atoms with van der Waals surface area (Å²) in [6.45, 7) is 4.99. The van der Waals surface area contributed by atoms with Gasteiger partial charge in [-0.15, -0.1) is 0 Å². The summed E-state index contributed by atoms with van der Waals surface area (Å²) in [7, 11) is 0. The molecule has 0 spiro atoms. The van der Waals surface area contributed by atoms with E-state index in [-0.39, 0.29) is 28.7 Å². The van der Waals surface area contributed by atoms with E-state index < -0.39 is 5.97 Å². The Bertz CT molecular complexity index is 347. The molecule has 71 valence electrons. The minimum absolute atomic E-state index is 0. The van der Waals surface area contributed by atoms with Gasteiger partial charge in [0.15, 0.2) is 0 Å². The maximum Gasteiger partial charge on any atom is 0.346 e. The molecule has 0 aromatic heterocycles. The lowest BCUT2D eigenvalue weighted by molar-refractivity contribution is 0.0624. The first-order chi connectivity index (χ1) is 6.11. The van der Waals surface area contributed by atoms with Gasteiger partial charge in [-0.1, -0.05) is 18.7 Å². The Morgan fingerprint density at radius 3 is 2.50 bits per heavy atom. The quantitative estimate of drug-likeness (QED) is 0.454. The highest BCUT2D eigenvalue weighted by molar-refractivity contribution is 5.92. The molecular formula is C10H10AlO3. The van der Waals surface area contributed by atoms with Crippen molar-refractivity contribution < 1.29 is 14.6 Å². The van der Waals surface area contributed by atoms with E-state index in [1.807, 2.05) is 0 Å². The number of aromatic hydroxyl groups is 1. The van der Waals surface area contributed by atoms with Gasteiger partial charge in [-0.05, 0) is 19.1 Å². The van der Waals surface area contributed by atoms with E-state index in [2.05, 4.69) is 6.58 Å². The molecule has 0 fully saturated rings. The van der Waals surface area contributed by atoms with Gasteiger partial charge in [0.25, 0.3) is 0 Å². The number of esters is 1. The van der Waals surface area contributed by atoms with Gasteiger partial charge in [-0.2, -0.15) is 0 Å². The second kappa shape index (κ2) is 5.48. The first kappa shape index (κ1) is 12.8. The van der Waals surface area contributed by atoms with Gasteiger partial charge in [0.05, 0.1) is 5.76 Å². The van der Waals surface area contributed by atoms with Crippen LogP contribution in [0.15, 0.2) is 36.6 Å². The fourth-order valence-corrected chi connectivity index (χ4v) is 0.859. The van der Waals surface area contributed by atoms with Crippen molar-refractivity contribution in [1.29, 1.82) is 0 Å². The van der Waals surface area contributed by atoms with Crippen molar-refractivity contribution in [3.63, 3.8) is 0 Å². The molecule has 1 aromatic rings. The smallest absolute Gasteiger partial charge is 0.346 e. The summed E-state index contributed by atoms with van der Waals surface area (Å²) in [5, 5.41) is 9.26. The molecule has 1 N–H and O–H groups in total. The fraction of sp³-hybridized carbons (Fsp3) is 0.100. The number of carbonyl (C=O) groups excluding carboxylic acids is 1. The van der Waals surface area contributed by atoms with Gasteiger partial charge >= 0.3 is 5.97 Å². The summed E-state index contributed by atoms with van der Waals surface area (Å²) in [5.41, 5.74) is 0.144. The predicted molar refractivity (Wildman–Crippen MR) is 54.1 cm³/mol. The summed E-state index contributed by atoms with van der Waals surface area (Å²) >= 11 is 0. The van der Waals surface area contributed by atoms with Crippen LogP contribution in [0.3, 0.4) is 0 Å². The molecule has 0 heterocycles. The van der Waals surface area contributed by atoms with E-state index in [1.54, 1.807) is 19.1 Å². The van der Waals surface area contributed by atoms with Crippen LogP contribution >= 0.6 is 0 Å². The molecule has 0 amide bonds. The molecular weight excluding hydrogens is 195 g/mol. The Morgan fingerprint density at radius 2 is 2.00 bits per heavy atom. The molecule has 0 saturated carbocycles. The lowest BCUT2D eigenvalue weighted by Crippen LogP contribution is -2.02. The molecule has 0 aliphatic carbocycles. The molecule has 4 heteroatoms. The van der Waals surface area contributed by atoms with Crippen LogP contribution in [0.5, 0.6) is 5.75 Å². The summed E-state index contributed by atoms with van der Waals surface area (Å²) in [6, 6.07) is 6.19. The third-order valence-corrected chi connectivity index (χ3v) is 1.39. The van der Waals surface area contributed by atoms with Crippen molar-refractivity contribution >= 4 is 23.3 Å². The average molecular weight is 205 g/mol. The van der Waals surface area contributed by atoms with Crippen LogP contribution in [-0.4, -0.2) is 28.4 Å². The molecule has 1 aromatic carbocycles. The van der Waals surface area contributed by atoms with Crippen molar-refractivity contribution in [3.05, 3.63) is 42.2 Å². The molecule has 3 nitrogen and oxygen atoms in total. The molecule has 0 unspecified atom stereocenters. The lowest BCUT2D eigenvalue weighted by atomic mass is 10.2. The average Bonchev–Trinajstić information content (AvgIpc) is 2.03. The minimum atomic E-state index is -0.592. The van der Waals surface area contributed by atoms with Crippen molar-refractivity contribution in [1.82, 2.24) is 0 Å². The molecule has 3 radical (unpaired) electrons. The van der Waals surface area contributed by atoms with Crippen LogP contribution in [0.4, 0.5) is 0 Å². The first-order valence-electron chi connectivity index (χ1n) is 3.77. The zero-order valence-electron chi connectivity index (χ0n) is 7.86. The molecule has 0 aliphatic heterocycles. The largest absolute Gasteiger partial charge is 0.507 e. The normalized spacial score (nSPS) is 8.64. The highest BCUT2D eigenvalue weighted by atomic mass is 27.0. The van der Waals surface area contributed by atoms with Crippen molar-refractivity contribution in [3.8, 4) is 5.75 Å². The van der Waals surface area contributed by atoms with Crippen LogP contribution in [-0.2, 0) is 4.74 Å². The molecule has 0 saturated heterocycles. The molecule has 14 heavy (non-hydrogen) atoms. The minimum Gasteiger partial charge on any atom is -0.507 e. The lowest BCUT2D eigenvalue weighted by Gasteiger charge is -2.03. The monoisotopic (exact) mass is 205 g/mol. The van der Waals surface area contributed by atoms with Crippen LogP contribution in [0.1, 0.15) is 17.3 Å². The number of hydrogen-bond donors (Lipinski definition) is 1. The third kappa shape index (κ3) is 3.25. The van der Waals surface area contributed by atoms with Gasteiger partial charge in [-0.3, -0.25) is 0 Å². The van der Waals surface area contributed by atoms with Gasteiger partial charge in [0.2, 0.25) is 0 Å². The van der Waals surface area contributed by atoms with Crippen LogP contribution in [0.2, 0.25) is 0 Å².